The number of carbonyl (C=O) groups excluding carboxylic acids is 1. The molecule has 0 saturated heterocycles. The Morgan fingerprint density at radius 2 is 1.77 bits per heavy atom. The van der Waals surface area contributed by atoms with Crippen molar-refractivity contribution in [3.63, 3.8) is 0 Å². The van der Waals surface area contributed by atoms with Gasteiger partial charge >= 0.3 is 0 Å². The summed E-state index contributed by atoms with van der Waals surface area (Å²) in [5.74, 6) is -1.73. The van der Waals surface area contributed by atoms with Gasteiger partial charge in [-0.25, -0.2) is 19.5 Å². The second-order valence-electron chi connectivity index (χ2n) is 11.3. The molecule has 4 heterocycles. The molecule has 0 atom stereocenters. The highest BCUT2D eigenvalue weighted by Gasteiger charge is 2.30. The van der Waals surface area contributed by atoms with Gasteiger partial charge in [-0.3, -0.25) is 4.79 Å². The number of methoxy groups -OCH3 is 1. The summed E-state index contributed by atoms with van der Waals surface area (Å²) in [7, 11) is 1.57. The molecule has 0 aliphatic carbocycles. The molecule has 8 nitrogen and oxygen atoms in total. The first kappa shape index (κ1) is 29.3. The molecule has 0 aliphatic rings. The van der Waals surface area contributed by atoms with E-state index in [1.165, 1.54) is 27.2 Å². The van der Waals surface area contributed by atoms with Gasteiger partial charge in [-0.15, -0.1) is 22.7 Å². The van der Waals surface area contributed by atoms with Crippen molar-refractivity contribution in [2.45, 2.75) is 46.6 Å². The van der Waals surface area contributed by atoms with Crippen LogP contribution in [0.3, 0.4) is 0 Å². The minimum atomic E-state index is -3.03. The zero-order valence-electron chi connectivity index (χ0n) is 24.0. The lowest BCUT2D eigenvalue weighted by Gasteiger charge is -2.16. The molecule has 43 heavy (non-hydrogen) atoms. The number of ketones is 1. The van der Waals surface area contributed by atoms with Gasteiger partial charge in [-0.2, -0.15) is 13.9 Å². The maximum absolute atomic E-state index is 13.7. The molecular formula is C30H27F2N5O3S3. The lowest BCUT2D eigenvalue weighted by molar-refractivity contribution is 0.0163. The molecule has 0 spiro atoms. The average Bonchev–Trinajstić information content (AvgIpc) is 3.72. The van der Waals surface area contributed by atoms with Crippen LogP contribution in [0.25, 0.3) is 36.5 Å². The minimum absolute atomic E-state index is 0.0652. The van der Waals surface area contributed by atoms with Crippen molar-refractivity contribution < 1.29 is 23.0 Å². The summed E-state index contributed by atoms with van der Waals surface area (Å²) in [6.07, 6.45) is 2.09. The van der Waals surface area contributed by atoms with Crippen LogP contribution in [0.15, 0.2) is 48.0 Å². The highest BCUT2D eigenvalue weighted by molar-refractivity contribution is 7.22. The van der Waals surface area contributed by atoms with Crippen LogP contribution in [-0.2, 0) is 12.5 Å². The molecule has 0 bridgehead atoms. The predicted octanol–water partition coefficient (Wildman–Crippen LogP) is 8.51. The van der Waals surface area contributed by atoms with Gasteiger partial charge in [0.05, 0.1) is 29.2 Å². The molecule has 222 valence electrons. The molecular weight excluding hydrogens is 613 g/mol. The number of benzene rings is 2. The van der Waals surface area contributed by atoms with Crippen LogP contribution in [-0.4, -0.2) is 37.5 Å². The van der Waals surface area contributed by atoms with E-state index in [1.807, 2.05) is 35.7 Å². The molecule has 6 rings (SSSR count). The molecule has 0 amide bonds. The molecule has 6 aromatic rings. The minimum Gasteiger partial charge on any atom is -0.497 e. The van der Waals surface area contributed by atoms with Gasteiger partial charge in [-0.05, 0) is 5.41 Å². The van der Waals surface area contributed by atoms with E-state index in [0.717, 1.165) is 39.2 Å². The monoisotopic (exact) mass is 639 g/mol. The summed E-state index contributed by atoms with van der Waals surface area (Å²) < 4.78 is 41.2. The average molecular weight is 640 g/mol. The summed E-state index contributed by atoms with van der Waals surface area (Å²) in [6, 6.07) is 11.2. The van der Waals surface area contributed by atoms with E-state index in [0.29, 0.717) is 44.7 Å². The van der Waals surface area contributed by atoms with E-state index in [9.17, 15) is 13.6 Å². The summed E-state index contributed by atoms with van der Waals surface area (Å²) in [5, 5.41) is 7.07. The Morgan fingerprint density at radius 1 is 1.00 bits per heavy atom. The second kappa shape index (κ2) is 11.0. The van der Waals surface area contributed by atoms with E-state index < -0.39 is 5.92 Å². The number of ether oxygens (including phenoxy) is 2. The van der Waals surface area contributed by atoms with Gasteiger partial charge < -0.3 is 9.47 Å². The number of fused-ring (bicyclic) bond motifs is 2. The van der Waals surface area contributed by atoms with Gasteiger partial charge in [0, 0.05) is 42.0 Å². The maximum atomic E-state index is 13.7. The fourth-order valence-corrected chi connectivity index (χ4v) is 6.92. The van der Waals surface area contributed by atoms with E-state index in [4.69, 9.17) is 19.4 Å². The normalized spacial score (nSPS) is 12.3. The Bertz CT molecular complexity index is 1910. The van der Waals surface area contributed by atoms with Crippen molar-refractivity contribution in [2.24, 2.45) is 5.41 Å². The largest absolute Gasteiger partial charge is 0.497 e. The molecule has 13 heteroatoms. The van der Waals surface area contributed by atoms with E-state index in [-0.39, 0.29) is 22.8 Å². The highest BCUT2D eigenvalue weighted by Crippen LogP contribution is 2.40. The van der Waals surface area contributed by atoms with Gasteiger partial charge in [-0.1, -0.05) is 56.4 Å². The van der Waals surface area contributed by atoms with Gasteiger partial charge in [0.15, 0.2) is 10.8 Å². The number of thiazole rings is 2. The van der Waals surface area contributed by atoms with Crippen LogP contribution in [0.2, 0.25) is 0 Å². The number of hydrogen-bond acceptors (Lipinski definition) is 10. The summed E-state index contributed by atoms with van der Waals surface area (Å²) in [6.45, 7) is 7.20. The van der Waals surface area contributed by atoms with Gasteiger partial charge in [0.25, 0.3) is 5.92 Å². The first-order valence-electron chi connectivity index (χ1n) is 13.3. The number of rotatable bonds is 9. The lowest BCUT2D eigenvalue weighted by Crippen LogP contribution is -2.12. The molecule has 0 aliphatic heterocycles. The molecule has 2 aromatic carbocycles. The Hall–Kier alpha value is -3.81. The molecule has 0 unspecified atom stereocenters. The van der Waals surface area contributed by atoms with Crippen LogP contribution >= 0.6 is 34.0 Å². The molecule has 0 saturated carbocycles. The fourth-order valence-electron chi connectivity index (χ4n) is 4.33. The highest BCUT2D eigenvalue weighted by atomic mass is 32.1. The SMILES string of the molecule is COc1cc(OCc2csc(-c3ccc(C(=O)CC(C)(C)C)cc3)n2)c2sc(-c3cn4nc(C(C)(F)F)sc4n3)nc2c1. The topological polar surface area (TPSA) is 91.5 Å². The number of alkyl halides is 2. The zero-order chi connectivity index (χ0) is 30.5. The van der Waals surface area contributed by atoms with Crippen LogP contribution in [0.4, 0.5) is 8.78 Å². The predicted molar refractivity (Wildman–Crippen MR) is 166 cm³/mol. The molecule has 0 radical (unpaired) electrons. The smallest absolute Gasteiger partial charge is 0.298 e. The lowest BCUT2D eigenvalue weighted by atomic mass is 9.88. The van der Waals surface area contributed by atoms with Crippen molar-refractivity contribution in [3.05, 3.63) is 64.2 Å². The quantitative estimate of drug-likeness (QED) is 0.147. The van der Waals surface area contributed by atoms with E-state index >= 15 is 0 Å². The number of nitrogens with zero attached hydrogens (tertiary/aromatic N) is 5. The maximum Gasteiger partial charge on any atom is 0.298 e. The van der Waals surface area contributed by atoms with Crippen LogP contribution < -0.4 is 9.47 Å². The molecule has 4 aromatic heterocycles. The van der Waals surface area contributed by atoms with Gasteiger partial charge in [0.1, 0.15) is 33.8 Å². The zero-order valence-corrected chi connectivity index (χ0v) is 26.4. The Kier molecular flexibility index (Phi) is 7.51. The van der Waals surface area contributed by atoms with Gasteiger partial charge in [0.2, 0.25) is 4.96 Å². The number of halogens is 2. The van der Waals surface area contributed by atoms with Crippen molar-refractivity contribution in [1.29, 1.82) is 0 Å². The number of aromatic nitrogens is 5. The summed E-state index contributed by atoms with van der Waals surface area (Å²) >= 11 is 3.74. The Morgan fingerprint density at radius 3 is 2.44 bits per heavy atom. The molecule has 0 fully saturated rings. The Labute approximate surface area is 258 Å². The van der Waals surface area contributed by atoms with Crippen LogP contribution in [0.1, 0.15) is 55.2 Å². The van der Waals surface area contributed by atoms with Crippen molar-refractivity contribution >= 4 is 55.0 Å². The van der Waals surface area contributed by atoms with Crippen molar-refractivity contribution in [1.82, 2.24) is 24.6 Å². The van der Waals surface area contributed by atoms with E-state index in [2.05, 4.69) is 30.9 Å². The third-order valence-corrected chi connectivity index (χ3v) is 9.52. The third-order valence-electron chi connectivity index (χ3n) is 6.38. The first-order chi connectivity index (χ1) is 20.4. The number of imidazole rings is 1. The van der Waals surface area contributed by atoms with Crippen LogP contribution in [0, 0.1) is 5.41 Å². The van der Waals surface area contributed by atoms with Crippen molar-refractivity contribution in [2.75, 3.05) is 7.11 Å². The van der Waals surface area contributed by atoms with Crippen LogP contribution in [0.5, 0.6) is 11.5 Å². The number of carbonyl (C=O) groups is 1. The molecule has 0 N–H and O–H groups in total. The summed E-state index contributed by atoms with van der Waals surface area (Å²) in [4.78, 5) is 26.8. The van der Waals surface area contributed by atoms with Crippen molar-refractivity contribution in [3.8, 4) is 32.8 Å². The summed E-state index contributed by atoms with van der Waals surface area (Å²) in [5.41, 5.74) is 3.53. The first-order valence-corrected chi connectivity index (χ1v) is 15.8. The standard InChI is InChI=1S/C30H27F2N5O3S3/c1-29(2,3)12-22(38)16-6-8-17(9-7-16)25-33-18(15-41-25)14-40-23-11-19(39-5)10-20-24(23)42-26(34-20)21-13-37-28(35-21)43-27(36-37)30(4,31)32/h6-11,13,15H,12,14H2,1-5H3. The fraction of sp³-hybridized carbons (Fsp3) is 0.300. The Balaban J connectivity index is 1.20. The number of Topliss-reactive ketones (excluding diaryl/α,β-unsaturated/α-hetero) is 1. The third kappa shape index (κ3) is 6.29. The second-order valence-corrected chi connectivity index (χ2v) is 14.1. The van der Waals surface area contributed by atoms with E-state index in [1.54, 1.807) is 19.4 Å². The number of hydrogen-bond donors (Lipinski definition) is 0.